The number of nitrogens with one attached hydrogen (secondary N) is 3. The monoisotopic (exact) mass is 627 g/mol. The fourth-order valence-corrected chi connectivity index (χ4v) is 6.96. The summed E-state index contributed by atoms with van der Waals surface area (Å²) in [5.74, 6) is -1.42. The average molecular weight is 629 g/mol. The fourth-order valence-electron chi connectivity index (χ4n) is 4.59. The molecule has 4 N–H and O–H groups in total. The molecule has 228 valence electrons. The number of unbranched alkanes of at least 4 members (excludes halogenated alkanes) is 9. The van der Waals surface area contributed by atoms with Gasteiger partial charge in [0.2, 0.25) is 5.91 Å². The van der Waals surface area contributed by atoms with E-state index in [9.17, 15) is 23.1 Å². The molecule has 0 aliphatic rings. The van der Waals surface area contributed by atoms with E-state index in [1.165, 1.54) is 68.9 Å². The normalized spacial score (nSPS) is 12.2. The molecule has 0 radical (unpaired) electrons. The Labute approximate surface area is 254 Å². The Balaban J connectivity index is 1.88. The maximum atomic E-state index is 13.1. The highest BCUT2D eigenvalue weighted by Crippen LogP contribution is 2.29. The summed E-state index contributed by atoms with van der Waals surface area (Å²) in [5.41, 5.74) is 0.705. The lowest BCUT2D eigenvalue weighted by atomic mass is 10.1. The molecule has 0 aromatic heterocycles. The first kappa shape index (κ1) is 34.7. The number of anilines is 3. The number of carbonyl (C=O) groups is 2. The van der Waals surface area contributed by atoms with Crippen molar-refractivity contribution >= 4 is 62.0 Å². The standard InChI is InChI=1S/C30H43Cl2N3O5S/c1-4-5-6-7-8-9-10-11-12-13-18-41(39,40)28(21(2)3)29(37)33-23-15-17-26(27(36)20-23)35-30(38)34-22-14-16-24(31)25(32)19-22/h14-17,19-21,28,36H,4-13,18H2,1-3H3,(H,33,37)(H2,34,35,38). The van der Waals surface area contributed by atoms with Crippen LogP contribution in [0.3, 0.4) is 0 Å². The first-order valence-corrected chi connectivity index (χ1v) is 16.8. The molecular weight excluding hydrogens is 585 g/mol. The molecule has 0 bridgehead atoms. The molecule has 11 heteroatoms. The summed E-state index contributed by atoms with van der Waals surface area (Å²) in [6.45, 7) is 5.61. The van der Waals surface area contributed by atoms with E-state index in [1.807, 2.05) is 0 Å². The molecule has 41 heavy (non-hydrogen) atoms. The van der Waals surface area contributed by atoms with E-state index < -0.39 is 32.9 Å². The fraction of sp³-hybridized carbons (Fsp3) is 0.533. The molecule has 3 amide bonds. The van der Waals surface area contributed by atoms with E-state index >= 15 is 0 Å². The summed E-state index contributed by atoms with van der Waals surface area (Å²) in [4.78, 5) is 25.4. The van der Waals surface area contributed by atoms with Crippen molar-refractivity contribution in [3.05, 3.63) is 46.4 Å². The summed E-state index contributed by atoms with van der Waals surface area (Å²) in [7, 11) is -3.68. The largest absolute Gasteiger partial charge is 0.506 e. The van der Waals surface area contributed by atoms with Gasteiger partial charge in [-0.05, 0) is 42.7 Å². The third-order valence-corrected chi connectivity index (χ3v) is 9.85. The number of phenols is 1. The molecule has 2 rings (SSSR count). The summed E-state index contributed by atoms with van der Waals surface area (Å²) < 4.78 is 26.2. The molecule has 0 heterocycles. The summed E-state index contributed by atoms with van der Waals surface area (Å²) >= 11 is 11.8. The van der Waals surface area contributed by atoms with Gasteiger partial charge in [-0.25, -0.2) is 13.2 Å². The highest BCUT2D eigenvalue weighted by atomic mass is 35.5. The number of hydrogen-bond donors (Lipinski definition) is 4. The lowest BCUT2D eigenvalue weighted by Crippen LogP contribution is -2.40. The summed E-state index contributed by atoms with van der Waals surface area (Å²) in [6, 6.07) is 8.09. The van der Waals surface area contributed by atoms with Crippen molar-refractivity contribution in [2.75, 3.05) is 21.7 Å². The smallest absolute Gasteiger partial charge is 0.323 e. The van der Waals surface area contributed by atoms with Gasteiger partial charge in [0.25, 0.3) is 0 Å². The van der Waals surface area contributed by atoms with Crippen molar-refractivity contribution in [2.24, 2.45) is 5.92 Å². The van der Waals surface area contributed by atoms with Crippen LogP contribution in [0.15, 0.2) is 36.4 Å². The Morgan fingerprint density at radius 2 is 1.34 bits per heavy atom. The molecule has 0 aliphatic carbocycles. The van der Waals surface area contributed by atoms with Gasteiger partial charge >= 0.3 is 6.03 Å². The van der Waals surface area contributed by atoms with Crippen LogP contribution in [-0.2, 0) is 14.6 Å². The number of rotatable bonds is 17. The first-order chi connectivity index (χ1) is 19.4. The Kier molecular flexibility index (Phi) is 14.8. The Morgan fingerprint density at radius 1 is 0.780 bits per heavy atom. The highest BCUT2D eigenvalue weighted by Gasteiger charge is 2.35. The number of hydrogen-bond acceptors (Lipinski definition) is 5. The SMILES string of the molecule is CCCCCCCCCCCCS(=O)(=O)C(C(=O)Nc1ccc(NC(=O)Nc2ccc(Cl)c(Cl)c2)c(O)c1)C(C)C. The van der Waals surface area contributed by atoms with Crippen molar-refractivity contribution < 1.29 is 23.1 Å². The molecular formula is C30H43Cl2N3O5S. The zero-order chi connectivity index (χ0) is 30.4. The lowest BCUT2D eigenvalue weighted by Gasteiger charge is -2.21. The third-order valence-electron chi connectivity index (χ3n) is 6.72. The van der Waals surface area contributed by atoms with Crippen molar-refractivity contribution in [1.82, 2.24) is 0 Å². The number of phenolic OH excluding ortho intramolecular Hbond substituents is 1. The second kappa shape index (κ2) is 17.5. The van der Waals surface area contributed by atoms with Crippen LogP contribution in [0.4, 0.5) is 21.9 Å². The quantitative estimate of drug-likeness (QED) is 0.103. The molecule has 8 nitrogen and oxygen atoms in total. The van der Waals surface area contributed by atoms with Crippen LogP contribution < -0.4 is 16.0 Å². The Bertz CT molecular complexity index is 1250. The van der Waals surface area contributed by atoms with Gasteiger partial charge in [-0.2, -0.15) is 0 Å². The summed E-state index contributed by atoms with van der Waals surface area (Å²) in [6.07, 6.45) is 10.9. The molecule has 0 spiro atoms. The molecule has 0 aliphatic heterocycles. The minimum Gasteiger partial charge on any atom is -0.506 e. The average Bonchev–Trinajstić information content (AvgIpc) is 2.88. The van der Waals surface area contributed by atoms with Gasteiger partial charge in [0.05, 0.1) is 21.5 Å². The van der Waals surface area contributed by atoms with Gasteiger partial charge in [0.1, 0.15) is 11.0 Å². The number of sulfone groups is 1. The molecule has 2 aromatic carbocycles. The van der Waals surface area contributed by atoms with Crippen molar-refractivity contribution in [1.29, 1.82) is 0 Å². The number of carbonyl (C=O) groups excluding carboxylic acids is 2. The topological polar surface area (TPSA) is 125 Å². The molecule has 1 unspecified atom stereocenters. The van der Waals surface area contributed by atoms with Crippen LogP contribution in [-0.4, -0.2) is 36.5 Å². The second-order valence-corrected chi connectivity index (χ2v) is 13.7. The highest BCUT2D eigenvalue weighted by molar-refractivity contribution is 7.92. The Hall–Kier alpha value is -2.49. The predicted molar refractivity (Wildman–Crippen MR) is 170 cm³/mol. The van der Waals surface area contributed by atoms with Crippen LogP contribution in [0.1, 0.15) is 85.0 Å². The molecule has 0 fully saturated rings. The first-order valence-electron chi connectivity index (χ1n) is 14.3. The number of urea groups is 1. The minimum atomic E-state index is -3.68. The minimum absolute atomic E-state index is 0.0399. The van der Waals surface area contributed by atoms with E-state index in [0.29, 0.717) is 17.1 Å². The zero-order valence-corrected chi connectivity index (χ0v) is 26.5. The van der Waals surface area contributed by atoms with Gasteiger partial charge in [0.15, 0.2) is 9.84 Å². The van der Waals surface area contributed by atoms with Gasteiger partial charge < -0.3 is 21.1 Å². The number of benzene rings is 2. The third kappa shape index (κ3) is 12.1. The van der Waals surface area contributed by atoms with E-state index in [-0.39, 0.29) is 27.9 Å². The molecule has 0 saturated carbocycles. The summed E-state index contributed by atoms with van der Waals surface area (Å²) in [5, 5.41) is 17.5. The van der Waals surface area contributed by atoms with Gasteiger partial charge in [-0.15, -0.1) is 0 Å². The molecule has 2 aromatic rings. The van der Waals surface area contributed by atoms with Crippen molar-refractivity contribution in [2.45, 2.75) is 90.2 Å². The van der Waals surface area contributed by atoms with Gasteiger partial charge in [-0.1, -0.05) is 102 Å². The lowest BCUT2D eigenvalue weighted by molar-refractivity contribution is -0.116. The molecule has 1 atom stereocenters. The van der Waals surface area contributed by atoms with Crippen LogP contribution in [0.5, 0.6) is 5.75 Å². The van der Waals surface area contributed by atoms with E-state index in [0.717, 1.165) is 19.3 Å². The zero-order valence-electron chi connectivity index (χ0n) is 24.1. The van der Waals surface area contributed by atoms with Crippen molar-refractivity contribution in [3.63, 3.8) is 0 Å². The van der Waals surface area contributed by atoms with E-state index in [4.69, 9.17) is 23.2 Å². The molecule has 0 saturated heterocycles. The van der Waals surface area contributed by atoms with E-state index in [2.05, 4.69) is 22.9 Å². The Morgan fingerprint density at radius 3 is 1.90 bits per heavy atom. The van der Waals surface area contributed by atoms with Crippen LogP contribution in [0, 0.1) is 5.92 Å². The van der Waals surface area contributed by atoms with Crippen LogP contribution in [0.2, 0.25) is 10.0 Å². The predicted octanol–water partition coefficient (Wildman–Crippen LogP) is 8.64. The van der Waals surface area contributed by atoms with E-state index in [1.54, 1.807) is 19.9 Å². The second-order valence-electron chi connectivity index (χ2n) is 10.6. The van der Waals surface area contributed by atoms with Crippen LogP contribution in [0.25, 0.3) is 0 Å². The van der Waals surface area contributed by atoms with Gasteiger partial charge in [0, 0.05) is 17.4 Å². The maximum absolute atomic E-state index is 13.1. The number of amides is 3. The van der Waals surface area contributed by atoms with Gasteiger partial charge in [-0.3, -0.25) is 4.79 Å². The van der Waals surface area contributed by atoms with Crippen LogP contribution >= 0.6 is 23.2 Å². The maximum Gasteiger partial charge on any atom is 0.323 e. The number of aromatic hydroxyl groups is 1. The van der Waals surface area contributed by atoms with Crippen molar-refractivity contribution in [3.8, 4) is 5.75 Å². The number of halogens is 2.